The zero-order valence-electron chi connectivity index (χ0n) is 14.5. The van der Waals surface area contributed by atoms with Crippen LogP contribution < -0.4 is 10.6 Å². The molecule has 1 unspecified atom stereocenters. The zero-order valence-corrected chi connectivity index (χ0v) is 14.5. The minimum atomic E-state index is -0.463. The first-order valence-electron chi connectivity index (χ1n) is 8.00. The molecule has 0 spiro atoms. The summed E-state index contributed by atoms with van der Waals surface area (Å²) in [6.07, 6.45) is 0.644. The summed E-state index contributed by atoms with van der Waals surface area (Å²) in [5, 5.41) is 6.37. The lowest BCUT2D eigenvalue weighted by Crippen LogP contribution is -2.43. The van der Waals surface area contributed by atoms with Gasteiger partial charge < -0.3 is 15.4 Å². The Morgan fingerprint density at radius 2 is 1.82 bits per heavy atom. The van der Waals surface area contributed by atoms with Gasteiger partial charge in [0.1, 0.15) is 5.60 Å². The van der Waals surface area contributed by atoms with Gasteiger partial charge in [0.25, 0.3) is 0 Å². The van der Waals surface area contributed by atoms with Crippen LogP contribution in [0.4, 0.5) is 4.79 Å². The maximum atomic E-state index is 11.8. The van der Waals surface area contributed by atoms with Gasteiger partial charge in [-0.3, -0.25) is 0 Å². The SMILES string of the molecule is CC(C)CC(CNC(=O)OC(C)(C)C)NCc1ccccc1. The van der Waals surface area contributed by atoms with Gasteiger partial charge in [0.05, 0.1) is 0 Å². The second kappa shape index (κ2) is 8.79. The first kappa shape index (κ1) is 18.5. The Morgan fingerprint density at radius 3 is 2.36 bits per heavy atom. The smallest absolute Gasteiger partial charge is 0.407 e. The number of amides is 1. The second-order valence-electron chi connectivity index (χ2n) is 7.08. The Kier molecular flexibility index (Phi) is 7.39. The summed E-state index contributed by atoms with van der Waals surface area (Å²) in [7, 11) is 0. The molecule has 0 aliphatic heterocycles. The largest absolute Gasteiger partial charge is 0.444 e. The minimum Gasteiger partial charge on any atom is -0.444 e. The molecule has 1 aromatic rings. The summed E-state index contributed by atoms with van der Waals surface area (Å²) in [6.45, 7) is 11.3. The molecule has 0 saturated heterocycles. The molecule has 1 aromatic carbocycles. The normalized spacial score (nSPS) is 13.0. The van der Waals surface area contributed by atoms with Crippen LogP contribution in [0.3, 0.4) is 0 Å². The van der Waals surface area contributed by atoms with Gasteiger partial charge in [-0.15, -0.1) is 0 Å². The number of carbonyl (C=O) groups is 1. The average molecular weight is 306 g/mol. The Morgan fingerprint density at radius 1 is 1.18 bits per heavy atom. The molecule has 4 nitrogen and oxygen atoms in total. The number of ether oxygens (including phenoxy) is 1. The van der Waals surface area contributed by atoms with E-state index in [1.54, 1.807) is 0 Å². The highest BCUT2D eigenvalue weighted by Gasteiger charge is 2.17. The van der Waals surface area contributed by atoms with Crippen molar-refractivity contribution in [2.75, 3.05) is 6.54 Å². The van der Waals surface area contributed by atoms with Gasteiger partial charge in [-0.2, -0.15) is 0 Å². The summed E-state index contributed by atoms with van der Waals surface area (Å²) in [5.41, 5.74) is 0.781. The van der Waals surface area contributed by atoms with E-state index < -0.39 is 5.60 Å². The van der Waals surface area contributed by atoms with E-state index in [9.17, 15) is 4.79 Å². The summed E-state index contributed by atoms with van der Waals surface area (Å²) in [5.74, 6) is 0.564. The third kappa shape index (κ3) is 8.67. The molecule has 0 radical (unpaired) electrons. The van der Waals surface area contributed by atoms with Gasteiger partial charge in [-0.25, -0.2) is 4.79 Å². The standard InChI is InChI=1S/C18H30N2O2/c1-14(2)11-16(13-20-17(21)22-18(3,4)5)19-12-15-9-7-6-8-10-15/h6-10,14,16,19H,11-13H2,1-5H3,(H,20,21). The molecular formula is C18H30N2O2. The van der Waals surface area contributed by atoms with Gasteiger partial charge in [-0.05, 0) is 38.7 Å². The molecule has 1 rings (SSSR count). The van der Waals surface area contributed by atoms with Gasteiger partial charge in [0, 0.05) is 19.1 Å². The maximum absolute atomic E-state index is 11.8. The topological polar surface area (TPSA) is 50.4 Å². The summed E-state index contributed by atoms with van der Waals surface area (Å²) < 4.78 is 5.28. The molecule has 2 N–H and O–H groups in total. The summed E-state index contributed by atoms with van der Waals surface area (Å²) in [4.78, 5) is 11.8. The quantitative estimate of drug-likeness (QED) is 0.807. The van der Waals surface area contributed by atoms with Crippen molar-refractivity contribution >= 4 is 6.09 Å². The molecule has 0 fully saturated rings. The van der Waals surface area contributed by atoms with Crippen LogP contribution in [0.25, 0.3) is 0 Å². The Labute approximate surface area is 134 Å². The minimum absolute atomic E-state index is 0.229. The predicted molar refractivity (Wildman–Crippen MR) is 90.8 cm³/mol. The van der Waals surface area contributed by atoms with E-state index in [1.165, 1.54) is 5.56 Å². The Bertz CT molecular complexity index is 438. The van der Waals surface area contributed by atoms with Crippen molar-refractivity contribution < 1.29 is 9.53 Å². The highest BCUT2D eigenvalue weighted by Crippen LogP contribution is 2.08. The van der Waals surface area contributed by atoms with Crippen LogP contribution in [0.15, 0.2) is 30.3 Å². The monoisotopic (exact) mass is 306 g/mol. The third-order valence-electron chi connectivity index (χ3n) is 3.09. The van der Waals surface area contributed by atoms with Crippen molar-refractivity contribution in [3.05, 3.63) is 35.9 Å². The van der Waals surface area contributed by atoms with Crippen molar-refractivity contribution in [2.45, 2.75) is 59.2 Å². The molecular weight excluding hydrogens is 276 g/mol. The highest BCUT2D eigenvalue weighted by atomic mass is 16.6. The number of benzene rings is 1. The van der Waals surface area contributed by atoms with E-state index >= 15 is 0 Å². The number of hydrogen-bond donors (Lipinski definition) is 2. The maximum Gasteiger partial charge on any atom is 0.407 e. The van der Waals surface area contributed by atoms with Gasteiger partial charge in [0.15, 0.2) is 0 Å². The predicted octanol–water partition coefficient (Wildman–Crippen LogP) is 3.72. The molecule has 4 heteroatoms. The molecule has 1 amide bonds. The molecule has 0 aliphatic rings. The molecule has 0 saturated carbocycles. The number of nitrogens with one attached hydrogen (secondary N) is 2. The van der Waals surface area contributed by atoms with Crippen LogP contribution in [0.2, 0.25) is 0 Å². The Hall–Kier alpha value is -1.55. The van der Waals surface area contributed by atoms with Crippen LogP contribution >= 0.6 is 0 Å². The molecule has 22 heavy (non-hydrogen) atoms. The fourth-order valence-electron chi connectivity index (χ4n) is 2.19. The van der Waals surface area contributed by atoms with Gasteiger partial charge in [0.2, 0.25) is 0 Å². The number of carbonyl (C=O) groups excluding carboxylic acids is 1. The first-order valence-corrected chi connectivity index (χ1v) is 8.00. The molecule has 1 atom stereocenters. The molecule has 0 heterocycles. The van der Waals surface area contributed by atoms with E-state index in [-0.39, 0.29) is 12.1 Å². The molecule has 0 aromatic heterocycles. The van der Waals surface area contributed by atoms with Crippen molar-refractivity contribution in [1.82, 2.24) is 10.6 Å². The lowest BCUT2D eigenvalue weighted by atomic mass is 10.0. The average Bonchev–Trinajstić information content (AvgIpc) is 2.40. The van der Waals surface area contributed by atoms with Crippen molar-refractivity contribution in [1.29, 1.82) is 0 Å². The third-order valence-corrected chi connectivity index (χ3v) is 3.09. The van der Waals surface area contributed by atoms with Crippen molar-refractivity contribution in [3.8, 4) is 0 Å². The number of hydrogen-bond acceptors (Lipinski definition) is 3. The Balaban J connectivity index is 2.45. The fraction of sp³-hybridized carbons (Fsp3) is 0.611. The van der Waals surface area contributed by atoms with Crippen LogP contribution in [0.5, 0.6) is 0 Å². The van der Waals surface area contributed by atoms with Crippen molar-refractivity contribution in [3.63, 3.8) is 0 Å². The molecule has 124 valence electrons. The van der Waals surface area contributed by atoms with E-state index in [2.05, 4.69) is 36.6 Å². The van der Waals surface area contributed by atoms with Crippen molar-refractivity contribution in [2.24, 2.45) is 5.92 Å². The lowest BCUT2D eigenvalue weighted by molar-refractivity contribution is 0.0521. The van der Waals surface area contributed by atoms with Gasteiger partial charge >= 0.3 is 6.09 Å². The molecule has 0 aliphatic carbocycles. The highest BCUT2D eigenvalue weighted by molar-refractivity contribution is 5.67. The summed E-state index contributed by atoms with van der Waals surface area (Å²) in [6, 6.07) is 10.5. The summed E-state index contributed by atoms with van der Waals surface area (Å²) >= 11 is 0. The number of rotatable bonds is 7. The number of alkyl carbamates (subject to hydrolysis) is 1. The van der Waals surface area contributed by atoms with E-state index in [0.717, 1.165) is 13.0 Å². The van der Waals surface area contributed by atoms with E-state index in [4.69, 9.17) is 4.74 Å². The fourth-order valence-corrected chi connectivity index (χ4v) is 2.19. The van der Waals surface area contributed by atoms with Crippen LogP contribution in [-0.2, 0) is 11.3 Å². The van der Waals surface area contributed by atoms with Crippen LogP contribution in [-0.4, -0.2) is 24.3 Å². The first-order chi connectivity index (χ1) is 10.3. The van der Waals surface area contributed by atoms with E-state index in [0.29, 0.717) is 12.5 Å². The zero-order chi connectivity index (χ0) is 16.6. The lowest BCUT2D eigenvalue weighted by Gasteiger charge is -2.23. The molecule has 0 bridgehead atoms. The van der Waals surface area contributed by atoms with Crippen LogP contribution in [0.1, 0.15) is 46.6 Å². The second-order valence-corrected chi connectivity index (χ2v) is 7.08. The van der Waals surface area contributed by atoms with Gasteiger partial charge in [-0.1, -0.05) is 44.2 Å². The van der Waals surface area contributed by atoms with Crippen LogP contribution in [0, 0.1) is 5.92 Å². The van der Waals surface area contributed by atoms with E-state index in [1.807, 2.05) is 39.0 Å².